The summed E-state index contributed by atoms with van der Waals surface area (Å²) in [6.07, 6.45) is 33.3. The third kappa shape index (κ3) is 40.3. The first-order valence-corrected chi connectivity index (χ1v) is 27.7. The molecule has 0 radical (unpaired) electrons. The zero-order valence-electron chi connectivity index (χ0n) is 43.7. The van der Waals surface area contributed by atoms with Gasteiger partial charge in [-0.2, -0.15) is 0 Å². The molecule has 5 unspecified atom stereocenters. The molecule has 0 aromatic rings. The van der Waals surface area contributed by atoms with Crippen LogP contribution in [0, 0.1) is 0 Å². The first-order valence-electron chi connectivity index (χ1n) is 27.7. The number of rotatable bonds is 41. The Morgan fingerprint density at radius 1 is 0.508 bits per heavy atom. The number of nitrogens with one attached hydrogen (secondary N) is 2. The summed E-state index contributed by atoms with van der Waals surface area (Å²) in [5, 5.41) is 58.1. The molecular weight excluding hydrogens is 821 g/mol. The molecule has 0 spiro atoms. The van der Waals surface area contributed by atoms with E-state index in [4.69, 9.17) is 9.47 Å². The van der Waals surface area contributed by atoms with Gasteiger partial charge in [-0.05, 0) is 12.8 Å². The van der Waals surface area contributed by atoms with Gasteiger partial charge in [0.25, 0.3) is 0 Å². The lowest BCUT2D eigenvalue weighted by molar-refractivity contribution is -0.297. The quantitative estimate of drug-likeness (QED) is 0.0294. The lowest BCUT2D eigenvalue weighted by atomic mass is 9.98. The Balaban J connectivity index is 0. The van der Waals surface area contributed by atoms with Gasteiger partial charge < -0.3 is 45.6 Å². The van der Waals surface area contributed by atoms with E-state index in [2.05, 4.69) is 52.2 Å². The van der Waals surface area contributed by atoms with Crippen molar-refractivity contribution in [2.45, 2.75) is 322 Å². The highest BCUT2D eigenvalue weighted by molar-refractivity contribution is 5.76. The van der Waals surface area contributed by atoms with E-state index in [1.165, 1.54) is 167 Å². The lowest BCUT2D eigenvalue weighted by Gasteiger charge is -2.41. The van der Waals surface area contributed by atoms with Crippen LogP contribution in [0.1, 0.15) is 273 Å². The topological polar surface area (TPSA) is 178 Å². The molecule has 11 heteroatoms. The standard InChI is InChI=1S/C32H62N2O9.C15H32.C7H16/c1-4-6-8-10-12-14-16-18-20-27(37)34-24(28(38)25(36)19-17-15-13-11-9-7-5-2)22-42-32-31(41)30(40)29(39)26(43-32)21-33-23(3)35;1-3-5-7-9-11-13-15-14-12-10-8-6-4-2;1-3-5-7-6-4-2/h24-26,28-32,36,38-41H,4-22H2,1-3H3,(H,33,35)(H,34,37);3-15H2,1-2H3;3-7H2,1-2H3/t24-,25+,26?,28-,29?,30?,31?,32?;;/m0../s1. The van der Waals surface area contributed by atoms with Gasteiger partial charge in [0.2, 0.25) is 11.8 Å². The minimum atomic E-state index is -1.60. The highest BCUT2D eigenvalue weighted by Gasteiger charge is 2.45. The summed E-state index contributed by atoms with van der Waals surface area (Å²) in [6, 6.07) is -0.991. The van der Waals surface area contributed by atoms with E-state index in [0.717, 1.165) is 44.9 Å². The highest BCUT2D eigenvalue weighted by Crippen LogP contribution is 2.23. The van der Waals surface area contributed by atoms with E-state index in [1.54, 1.807) is 0 Å². The third-order valence-corrected chi connectivity index (χ3v) is 12.6. The molecule has 1 aliphatic heterocycles. The molecular formula is C54H110N2O9. The Morgan fingerprint density at radius 3 is 1.25 bits per heavy atom. The molecule has 0 aliphatic carbocycles. The van der Waals surface area contributed by atoms with Crippen LogP contribution in [0.2, 0.25) is 0 Å². The van der Waals surface area contributed by atoms with Crippen LogP contribution in [-0.2, 0) is 19.1 Å². The van der Waals surface area contributed by atoms with E-state index in [-0.39, 0.29) is 31.4 Å². The third-order valence-electron chi connectivity index (χ3n) is 12.6. The second kappa shape index (κ2) is 49.1. The normalized spacial score (nSPS) is 19.6. The van der Waals surface area contributed by atoms with Crippen molar-refractivity contribution in [3.8, 4) is 0 Å². The zero-order valence-corrected chi connectivity index (χ0v) is 43.7. The number of carbonyl (C=O) groups excluding carboxylic acids is 2. The molecule has 1 rings (SSSR count). The average molecular weight is 931 g/mol. The summed E-state index contributed by atoms with van der Waals surface area (Å²) in [6.45, 7) is 14.3. The van der Waals surface area contributed by atoms with Gasteiger partial charge in [-0.3, -0.25) is 9.59 Å². The average Bonchev–Trinajstić information content (AvgIpc) is 3.29. The molecule has 65 heavy (non-hydrogen) atoms. The van der Waals surface area contributed by atoms with Gasteiger partial charge in [0.15, 0.2) is 6.29 Å². The number of hydrogen-bond donors (Lipinski definition) is 7. The monoisotopic (exact) mass is 931 g/mol. The molecule has 1 fully saturated rings. The van der Waals surface area contributed by atoms with Crippen molar-refractivity contribution in [1.82, 2.24) is 10.6 Å². The number of hydrogen-bond acceptors (Lipinski definition) is 9. The number of aliphatic hydroxyl groups excluding tert-OH is 5. The van der Waals surface area contributed by atoms with E-state index < -0.39 is 49.0 Å². The highest BCUT2D eigenvalue weighted by atomic mass is 16.7. The van der Waals surface area contributed by atoms with Crippen molar-refractivity contribution in [2.75, 3.05) is 13.2 Å². The summed E-state index contributed by atoms with van der Waals surface area (Å²) in [4.78, 5) is 24.1. The Bertz CT molecular complexity index is 991. The van der Waals surface area contributed by atoms with Gasteiger partial charge in [-0.1, -0.05) is 247 Å². The Hall–Kier alpha value is -1.34. The maximum absolute atomic E-state index is 12.8. The van der Waals surface area contributed by atoms with Crippen molar-refractivity contribution < 1.29 is 44.6 Å². The van der Waals surface area contributed by atoms with Crippen molar-refractivity contribution in [3.63, 3.8) is 0 Å². The minimum absolute atomic E-state index is 0.112. The van der Waals surface area contributed by atoms with Gasteiger partial charge >= 0.3 is 0 Å². The fraction of sp³-hybridized carbons (Fsp3) is 0.963. The molecule has 0 aromatic heterocycles. The maximum atomic E-state index is 12.8. The Kier molecular flexibility index (Phi) is 49.7. The summed E-state index contributed by atoms with van der Waals surface area (Å²) < 4.78 is 11.3. The molecule has 0 bridgehead atoms. The summed E-state index contributed by atoms with van der Waals surface area (Å²) in [5.41, 5.74) is 0. The van der Waals surface area contributed by atoms with E-state index in [1.807, 2.05) is 0 Å². The van der Waals surface area contributed by atoms with Gasteiger partial charge in [0, 0.05) is 19.9 Å². The van der Waals surface area contributed by atoms with Crippen LogP contribution in [0.4, 0.5) is 0 Å². The molecule has 2 amide bonds. The van der Waals surface area contributed by atoms with Crippen LogP contribution < -0.4 is 10.6 Å². The maximum Gasteiger partial charge on any atom is 0.220 e. The molecule has 0 aromatic carbocycles. The largest absolute Gasteiger partial charge is 0.390 e. The van der Waals surface area contributed by atoms with Crippen molar-refractivity contribution in [3.05, 3.63) is 0 Å². The number of aliphatic hydroxyl groups is 5. The number of amides is 2. The van der Waals surface area contributed by atoms with Gasteiger partial charge in [0.1, 0.15) is 30.5 Å². The van der Waals surface area contributed by atoms with Crippen LogP contribution in [-0.4, -0.2) is 99.5 Å². The second-order valence-corrected chi connectivity index (χ2v) is 19.1. The van der Waals surface area contributed by atoms with Crippen LogP contribution >= 0.6 is 0 Å². The molecule has 7 N–H and O–H groups in total. The fourth-order valence-corrected chi connectivity index (χ4v) is 8.11. The van der Waals surface area contributed by atoms with Crippen LogP contribution in [0.15, 0.2) is 0 Å². The number of unbranched alkanes of at least 4 members (excludes halogenated alkanes) is 29. The van der Waals surface area contributed by atoms with E-state index >= 15 is 0 Å². The Labute approximate surface area is 401 Å². The zero-order chi connectivity index (χ0) is 48.8. The summed E-state index contributed by atoms with van der Waals surface area (Å²) in [5.74, 6) is -0.628. The molecule has 390 valence electrons. The molecule has 1 saturated heterocycles. The SMILES string of the molecule is CCCCCCC.CCCCCCCCCCC(=O)N[C@@H](COC1OC(CNC(C)=O)C(O)C(O)C1O)[C@H](O)[C@H](O)CCCCCCCCC.CCCCCCCCCCCCCCC. The first kappa shape index (κ1) is 65.7. The first-order chi connectivity index (χ1) is 31.4. The Morgan fingerprint density at radius 2 is 0.862 bits per heavy atom. The summed E-state index contributed by atoms with van der Waals surface area (Å²) >= 11 is 0. The molecule has 11 nitrogen and oxygen atoms in total. The molecule has 1 heterocycles. The van der Waals surface area contributed by atoms with Crippen molar-refractivity contribution >= 4 is 11.8 Å². The number of carbonyl (C=O) groups is 2. The fourth-order valence-electron chi connectivity index (χ4n) is 8.11. The molecule has 1 aliphatic rings. The van der Waals surface area contributed by atoms with Gasteiger partial charge in [0.05, 0.1) is 18.8 Å². The second-order valence-electron chi connectivity index (χ2n) is 19.1. The minimum Gasteiger partial charge on any atom is -0.390 e. The predicted octanol–water partition coefficient (Wildman–Crippen LogP) is 11.9. The van der Waals surface area contributed by atoms with Gasteiger partial charge in [-0.25, -0.2) is 0 Å². The predicted molar refractivity (Wildman–Crippen MR) is 271 cm³/mol. The van der Waals surface area contributed by atoms with Crippen molar-refractivity contribution in [1.29, 1.82) is 0 Å². The van der Waals surface area contributed by atoms with Crippen molar-refractivity contribution in [2.24, 2.45) is 0 Å². The molecule has 0 saturated carbocycles. The summed E-state index contributed by atoms with van der Waals surface area (Å²) in [7, 11) is 0. The molecule has 8 atom stereocenters. The lowest BCUT2D eigenvalue weighted by Crippen LogP contribution is -2.61. The van der Waals surface area contributed by atoms with Crippen LogP contribution in [0.3, 0.4) is 0 Å². The van der Waals surface area contributed by atoms with Crippen LogP contribution in [0.25, 0.3) is 0 Å². The van der Waals surface area contributed by atoms with E-state index in [0.29, 0.717) is 12.8 Å². The number of ether oxygens (including phenoxy) is 2. The van der Waals surface area contributed by atoms with Crippen LogP contribution in [0.5, 0.6) is 0 Å². The van der Waals surface area contributed by atoms with E-state index in [9.17, 15) is 35.1 Å². The smallest absolute Gasteiger partial charge is 0.220 e. The van der Waals surface area contributed by atoms with Gasteiger partial charge in [-0.15, -0.1) is 0 Å².